The minimum atomic E-state index is -0.0113. The molecule has 3 aromatic rings. The fourth-order valence-electron chi connectivity index (χ4n) is 3.57. The molecule has 1 aromatic carbocycles. The number of ether oxygens (including phenoxy) is 2. The molecule has 2 heterocycles. The number of rotatable bonds is 9. The van der Waals surface area contributed by atoms with Crippen molar-refractivity contribution in [2.24, 2.45) is 0 Å². The highest BCUT2D eigenvalue weighted by Crippen LogP contribution is 2.26. The fourth-order valence-corrected chi connectivity index (χ4v) is 3.57. The van der Waals surface area contributed by atoms with E-state index in [0.717, 1.165) is 39.4 Å². The third-order valence-corrected chi connectivity index (χ3v) is 5.17. The Balaban J connectivity index is 1.92. The quantitative estimate of drug-likeness (QED) is 0.525. The molecule has 166 valence electrons. The Morgan fingerprint density at radius 2 is 1.90 bits per heavy atom. The predicted molar refractivity (Wildman–Crippen MR) is 122 cm³/mol. The average molecular weight is 426 g/mol. The molecule has 0 saturated heterocycles. The van der Waals surface area contributed by atoms with Crippen molar-refractivity contribution in [1.82, 2.24) is 19.7 Å². The van der Waals surface area contributed by atoms with E-state index in [1.165, 1.54) is 0 Å². The maximum absolute atomic E-state index is 13.2. The summed E-state index contributed by atoms with van der Waals surface area (Å²) in [4.78, 5) is 21.8. The van der Waals surface area contributed by atoms with Crippen molar-refractivity contribution in [2.45, 2.75) is 26.9 Å². The van der Waals surface area contributed by atoms with E-state index in [9.17, 15) is 4.79 Å². The number of methoxy groups -OCH3 is 2. The molecule has 8 nitrogen and oxygen atoms in total. The van der Waals surface area contributed by atoms with Crippen molar-refractivity contribution in [3.8, 4) is 5.75 Å². The van der Waals surface area contributed by atoms with E-state index in [4.69, 9.17) is 14.5 Å². The number of fused-ring (bicyclic) bond motifs is 1. The summed E-state index contributed by atoms with van der Waals surface area (Å²) in [6.07, 6.45) is 0. The minimum Gasteiger partial charge on any atom is -0.497 e. The lowest BCUT2D eigenvalue weighted by atomic mass is 10.1. The third kappa shape index (κ3) is 5.32. The molecule has 0 spiro atoms. The van der Waals surface area contributed by atoms with Crippen LogP contribution in [-0.4, -0.2) is 67.0 Å². The zero-order valence-electron chi connectivity index (χ0n) is 19.2. The van der Waals surface area contributed by atoms with Gasteiger partial charge in [0.05, 0.1) is 24.9 Å². The zero-order valence-corrected chi connectivity index (χ0v) is 19.2. The summed E-state index contributed by atoms with van der Waals surface area (Å²) in [6, 6.07) is 9.88. The fraction of sp³-hybridized carbons (Fsp3) is 0.435. The van der Waals surface area contributed by atoms with Crippen molar-refractivity contribution in [3.05, 3.63) is 47.3 Å². The van der Waals surface area contributed by atoms with Crippen LogP contribution in [0.2, 0.25) is 0 Å². The van der Waals surface area contributed by atoms with Gasteiger partial charge in [0, 0.05) is 57.0 Å². The Kier molecular flexibility index (Phi) is 7.12. The van der Waals surface area contributed by atoms with Crippen LogP contribution < -0.4 is 9.64 Å². The van der Waals surface area contributed by atoms with E-state index in [0.29, 0.717) is 19.7 Å². The molecule has 3 rings (SSSR count). The molecule has 0 N–H and O–H groups in total. The topological polar surface area (TPSA) is 72.7 Å². The van der Waals surface area contributed by atoms with E-state index < -0.39 is 0 Å². The van der Waals surface area contributed by atoms with Crippen molar-refractivity contribution in [3.63, 3.8) is 0 Å². The van der Waals surface area contributed by atoms with Crippen LogP contribution >= 0.6 is 0 Å². The van der Waals surface area contributed by atoms with E-state index in [1.54, 1.807) is 23.8 Å². The predicted octanol–water partition coefficient (Wildman–Crippen LogP) is 2.80. The number of carbonyl (C=O) groups is 1. The molecule has 0 bridgehead atoms. The number of benzene rings is 1. The van der Waals surface area contributed by atoms with Crippen LogP contribution in [0, 0.1) is 13.8 Å². The minimum absolute atomic E-state index is 0.0113. The Labute approximate surface area is 183 Å². The second-order valence-corrected chi connectivity index (χ2v) is 7.82. The van der Waals surface area contributed by atoms with Gasteiger partial charge in [0.2, 0.25) is 5.91 Å². The van der Waals surface area contributed by atoms with E-state index in [-0.39, 0.29) is 12.5 Å². The Bertz CT molecular complexity index is 1060. The van der Waals surface area contributed by atoms with Crippen LogP contribution in [0.5, 0.6) is 5.75 Å². The van der Waals surface area contributed by atoms with Gasteiger partial charge in [-0.2, -0.15) is 5.10 Å². The van der Waals surface area contributed by atoms with Crippen molar-refractivity contribution in [2.75, 3.05) is 46.4 Å². The van der Waals surface area contributed by atoms with Gasteiger partial charge >= 0.3 is 0 Å². The van der Waals surface area contributed by atoms with Crippen LogP contribution in [0.25, 0.3) is 10.9 Å². The second kappa shape index (κ2) is 9.78. The van der Waals surface area contributed by atoms with Gasteiger partial charge in [-0.25, -0.2) is 4.98 Å². The van der Waals surface area contributed by atoms with Crippen molar-refractivity contribution in [1.29, 1.82) is 0 Å². The van der Waals surface area contributed by atoms with Gasteiger partial charge in [-0.1, -0.05) is 0 Å². The lowest BCUT2D eigenvalue weighted by Crippen LogP contribution is -2.36. The van der Waals surface area contributed by atoms with Crippen LogP contribution in [0.3, 0.4) is 0 Å². The van der Waals surface area contributed by atoms with Crippen LogP contribution in [-0.2, 0) is 22.6 Å². The van der Waals surface area contributed by atoms with Gasteiger partial charge in [-0.15, -0.1) is 0 Å². The molecule has 0 atom stereocenters. The van der Waals surface area contributed by atoms with E-state index in [1.807, 2.05) is 57.1 Å². The smallest absolute Gasteiger partial charge is 0.244 e. The van der Waals surface area contributed by atoms with Crippen molar-refractivity contribution < 1.29 is 14.3 Å². The summed E-state index contributed by atoms with van der Waals surface area (Å²) in [5.41, 5.74) is 3.69. The molecule has 0 unspecified atom stereocenters. The first-order chi connectivity index (χ1) is 14.8. The van der Waals surface area contributed by atoms with Crippen LogP contribution in [0.15, 0.2) is 30.3 Å². The Morgan fingerprint density at radius 1 is 1.13 bits per heavy atom. The summed E-state index contributed by atoms with van der Waals surface area (Å²) in [5.74, 6) is 1.57. The number of aromatic nitrogens is 3. The highest BCUT2D eigenvalue weighted by Gasteiger charge is 2.19. The summed E-state index contributed by atoms with van der Waals surface area (Å²) in [7, 11) is 7.19. The highest BCUT2D eigenvalue weighted by atomic mass is 16.5. The first kappa shape index (κ1) is 22.6. The number of hydrogen-bond acceptors (Lipinski definition) is 6. The first-order valence-electron chi connectivity index (χ1n) is 10.2. The maximum atomic E-state index is 13.2. The number of nitrogens with zero attached hydrogens (tertiary/aromatic N) is 5. The average Bonchev–Trinajstić information content (AvgIpc) is 3.06. The summed E-state index contributed by atoms with van der Waals surface area (Å²) >= 11 is 0. The van der Waals surface area contributed by atoms with Gasteiger partial charge in [0.25, 0.3) is 0 Å². The molecule has 0 aliphatic rings. The first-order valence-corrected chi connectivity index (χ1v) is 10.2. The molecule has 0 radical (unpaired) electrons. The molecule has 0 aliphatic carbocycles. The second-order valence-electron chi connectivity index (χ2n) is 7.82. The lowest BCUT2D eigenvalue weighted by molar-refractivity contribution is -0.133. The molecular formula is C23H31N5O3. The van der Waals surface area contributed by atoms with Gasteiger partial charge < -0.3 is 19.3 Å². The molecule has 2 aromatic heterocycles. The molecule has 8 heteroatoms. The third-order valence-electron chi connectivity index (χ3n) is 5.17. The van der Waals surface area contributed by atoms with Crippen LogP contribution in [0.4, 0.5) is 5.82 Å². The zero-order chi connectivity index (χ0) is 22.5. The Morgan fingerprint density at radius 3 is 2.52 bits per heavy atom. The summed E-state index contributed by atoms with van der Waals surface area (Å²) in [6.45, 7) is 5.46. The lowest BCUT2D eigenvalue weighted by Gasteiger charge is -2.25. The highest BCUT2D eigenvalue weighted by molar-refractivity contribution is 5.83. The maximum Gasteiger partial charge on any atom is 0.244 e. The summed E-state index contributed by atoms with van der Waals surface area (Å²) < 4.78 is 12.3. The van der Waals surface area contributed by atoms with Crippen molar-refractivity contribution >= 4 is 22.6 Å². The summed E-state index contributed by atoms with van der Waals surface area (Å²) in [5, 5.41) is 5.43. The van der Waals surface area contributed by atoms with Crippen LogP contribution in [0.1, 0.15) is 17.0 Å². The molecule has 0 fully saturated rings. The number of hydrogen-bond donors (Lipinski definition) is 0. The number of amides is 1. The largest absolute Gasteiger partial charge is 0.497 e. The number of aryl methyl sites for hydroxylation is 2. The number of carbonyl (C=O) groups excluding carboxylic acids is 1. The number of anilines is 1. The molecule has 0 aliphatic heterocycles. The van der Waals surface area contributed by atoms with Gasteiger partial charge in [0.15, 0.2) is 0 Å². The molecule has 31 heavy (non-hydrogen) atoms. The van der Waals surface area contributed by atoms with Gasteiger partial charge in [0.1, 0.15) is 18.1 Å². The SMILES string of the molecule is COCCN(Cc1cc2ccc(OC)cc2nc1N(C)C)C(=O)Cn1nc(C)cc1C. The Hall–Kier alpha value is -3.13. The monoisotopic (exact) mass is 425 g/mol. The normalized spacial score (nSPS) is 11.0. The standard InChI is InChI=1S/C23H31N5O3/c1-16-11-17(2)28(25-16)15-22(29)27(9-10-30-5)14-19-12-18-7-8-20(31-6)13-21(18)24-23(19)26(3)4/h7-8,11-13H,9-10,14-15H2,1-6H3. The van der Waals surface area contributed by atoms with E-state index in [2.05, 4.69) is 11.2 Å². The van der Waals surface area contributed by atoms with Gasteiger partial charge in [-0.3, -0.25) is 9.48 Å². The van der Waals surface area contributed by atoms with E-state index >= 15 is 0 Å². The molecule has 0 saturated carbocycles. The molecular weight excluding hydrogens is 394 g/mol. The van der Waals surface area contributed by atoms with Gasteiger partial charge in [-0.05, 0) is 38.1 Å². The molecule has 1 amide bonds. The number of pyridine rings is 1.